The van der Waals surface area contributed by atoms with Crippen LogP contribution in [0.4, 0.5) is 0 Å². The minimum atomic E-state index is 0.203. The smallest absolute Gasteiger partial charge is 0.163 e. The van der Waals surface area contributed by atoms with Gasteiger partial charge in [-0.2, -0.15) is 0 Å². The molecule has 0 saturated carbocycles. The molecule has 0 aliphatic rings. The Hall–Kier alpha value is -1.09. The largest absolute Gasteiger partial charge is 0.376 e. The van der Waals surface area contributed by atoms with Gasteiger partial charge in [-0.05, 0) is 28.8 Å². The van der Waals surface area contributed by atoms with Crippen LogP contribution in [0.3, 0.4) is 0 Å². The van der Waals surface area contributed by atoms with Crippen molar-refractivity contribution >= 4 is 17.3 Å². The van der Waals surface area contributed by atoms with Crippen molar-refractivity contribution in [2.75, 3.05) is 0 Å². The SMILES string of the molecule is CC(C)(C)c1ccc(CNC(N)=S)cc1. The normalized spacial score (nSPS) is 11.1. The molecule has 0 amide bonds. The van der Waals surface area contributed by atoms with Crippen LogP contribution in [0.15, 0.2) is 24.3 Å². The first kappa shape index (κ1) is 12.0. The summed E-state index contributed by atoms with van der Waals surface area (Å²) < 4.78 is 0. The van der Waals surface area contributed by atoms with Crippen molar-refractivity contribution < 1.29 is 0 Å². The summed E-state index contributed by atoms with van der Waals surface area (Å²) in [7, 11) is 0. The number of nitrogens with two attached hydrogens (primary N) is 1. The van der Waals surface area contributed by atoms with Gasteiger partial charge in [-0.15, -0.1) is 0 Å². The van der Waals surface area contributed by atoms with Crippen molar-refractivity contribution in [2.24, 2.45) is 5.73 Å². The first-order valence-corrected chi connectivity index (χ1v) is 5.43. The fourth-order valence-electron chi connectivity index (χ4n) is 1.31. The van der Waals surface area contributed by atoms with Crippen LogP contribution in [0, 0.1) is 0 Å². The van der Waals surface area contributed by atoms with E-state index in [1.165, 1.54) is 11.1 Å². The zero-order valence-electron chi connectivity index (χ0n) is 9.50. The van der Waals surface area contributed by atoms with E-state index in [0.29, 0.717) is 11.7 Å². The first-order chi connectivity index (χ1) is 6.89. The van der Waals surface area contributed by atoms with Gasteiger partial charge in [0.25, 0.3) is 0 Å². The molecule has 0 heterocycles. The average Bonchev–Trinajstić information content (AvgIpc) is 2.14. The molecule has 0 aromatic heterocycles. The summed E-state index contributed by atoms with van der Waals surface area (Å²) in [6, 6.07) is 8.50. The highest BCUT2D eigenvalue weighted by molar-refractivity contribution is 7.80. The van der Waals surface area contributed by atoms with Crippen LogP contribution in [0.5, 0.6) is 0 Å². The van der Waals surface area contributed by atoms with Crippen molar-refractivity contribution in [1.82, 2.24) is 5.32 Å². The molecule has 0 unspecified atom stereocenters. The van der Waals surface area contributed by atoms with Crippen molar-refractivity contribution in [3.8, 4) is 0 Å². The standard InChI is InChI=1S/C12H18N2S/c1-12(2,3)10-6-4-9(5-7-10)8-14-11(13)15/h4-7H,8H2,1-3H3,(H3,13,14,15). The predicted molar refractivity (Wildman–Crippen MR) is 68.8 cm³/mol. The van der Waals surface area contributed by atoms with E-state index in [4.69, 9.17) is 18.0 Å². The molecule has 0 aliphatic carbocycles. The average molecular weight is 222 g/mol. The molecule has 0 atom stereocenters. The van der Waals surface area contributed by atoms with E-state index in [2.05, 4.69) is 50.4 Å². The quantitative estimate of drug-likeness (QED) is 0.754. The van der Waals surface area contributed by atoms with Crippen LogP contribution in [-0.2, 0) is 12.0 Å². The number of benzene rings is 1. The fraction of sp³-hybridized carbons (Fsp3) is 0.417. The minimum absolute atomic E-state index is 0.203. The summed E-state index contributed by atoms with van der Waals surface area (Å²) in [5.74, 6) is 0. The van der Waals surface area contributed by atoms with Gasteiger partial charge in [-0.1, -0.05) is 45.0 Å². The Balaban J connectivity index is 2.69. The number of nitrogens with one attached hydrogen (secondary N) is 1. The zero-order chi connectivity index (χ0) is 11.5. The molecule has 0 saturated heterocycles. The van der Waals surface area contributed by atoms with Gasteiger partial charge in [0.1, 0.15) is 0 Å². The van der Waals surface area contributed by atoms with E-state index in [1.54, 1.807) is 0 Å². The lowest BCUT2D eigenvalue weighted by Crippen LogP contribution is -2.28. The van der Waals surface area contributed by atoms with Crippen LogP contribution >= 0.6 is 12.2 Å². The second kappa shape index (κ2) is 4.62. The van der Waals surface area contributed by atoms with E-state index >= 15 is 0 Å². The van der Waals surface area contributed by atoms with Crippen LogP contribution in [0.25, 0.3) is 0 Å². The lowest BCUT2D eigenvalue weighted by Gasteiger charge is -2.19. The molecule has 0 fully saturated rings. The van der Waals surface area contributed by atoms with E-state index in [1.807, 2.05) is 0 Å². The third-order valence-corrected chi connectivity index (χ3v) is 2.43. The number of hydrogen-bond acceptors (Lipinski definition) is 1. The minimum Gasteiger partial charge on any atom is -0.376 e. The van der Waals surface area contributed by atoms with Crippen LogP contribution in [0.1, 0.15) is 31.9 Å². The summed E-state index contributed by atoms with van der Waals surface area (Å²) in [6.45, 7) is 7.31. The summed E-state index contributed by atoms with van der Waals surface area (Å²) >= 11 is 4.75. The Morgan fingerprint density at radius 1 is 1.27 bits per heavy atom. The molecule has 2 nitrogen and oxygen atoms in total. The lowest BCUT2D eigenvalue weighted by molar-refractivity contribution is 0.590. The van der Waals surface area contributed by atoms with Crippen molar-refractivity contribution in [2.45, 2.75) is 32.7 Å². The Morgan fingerprint density at radius 3 is 2.20 bits per heavy atom. The van der Waals surface area contributed by atoms with Crippen molar-refractivity contribution in [3.63, 3.8) is 0 Å². The third kappa shape index (κ3) is 3.88. The molecular formula is C12H18N2S. The predicted octanol–water partition coefficient (Wildman–Crippen LogP) is 2.32. The number of hydrogen-bond donors (Lipinski definition) is 2. The van der Waals surface area contributed by atoms with Gasteiger partial charge in [-0.25, -0.2) is 0 Å². The molecule has 3 N–H and O–H groups in total. The summed E-state index contributed by atoms with van der Waals surface area (Å²) in [6.07, 6.45) is 0. The fourth-order valence-corrected chi connectivity index (χ4v) is 1.38. The maximum atomic E-state index is 5.36. The molecule has 0 bridgehead atoms. The van der Waals surface area contributed by atoms with Crippen LogP contribution in [0.2, 0.25) is 0 Å². The summed E-state index contributed by atoms with van der Waals surface area (Å²) in [4.78, 5) is 0. The van der Waals surface area contributed by atoms with Gasteiger partial charge in [0.2, 0.25) is 0 Å². The highest BCUT2D eigenvalue weighted by Gasteiger charge is 2.12. The van der Waals surface area contributed by atoms with Gasteiger partial charge >= 0.3 is 0 Å². The summed E-state index contributed by atoms with van der Waals surface area (Å²) in [5, 5.41) is 3.27. The van der Waals surface area contributed by atoms with E-state index in [9.17, 15) is 0 Å². The second-order valence-electron chi connectivity index (χ2n) is 4.66. The molecule has 1 rings (SSSR count). The Bertz CT molecular complexity index is 336. The molecule has 0 aliphatic heterocycles. The lowest BCUT2D eigenvalue weighted by atomic mass is 9.87. The molecule has 0 radical (unpaired) electrons. The van der Waals surface area contributed by atoms with Gasteiger partial charge in [0.05, 0.1) is 0 Å². The highest BCUT2D eigenvalue weighted by atomic mass is 32.1. The van der Waals surface area contributed by atoms with Crippen LogP contribution in [-0.4, -0.2) is 5.11 Å². The van der Waals surface area contributed by atoms with Gasteiger partial charge < -0.3 is 11.1 Å². The molecule has 15 heavy (non-hydrogen) atoms. The van der Waals surface area contributed by atoms with E-state index in [0.717, 1.165) is 0 Å². The molecule has 3 heteroatoms. The Kier molecular flexibility index (Phi) is 3.69. The van der Waals surface area contributed by atoms with Gasteiger partial charge in [0.15, 0.2) is 5.11 Å². The van der Waals surface area contributed by atoms with Crippen molar-refractivity contribution in [1.29, 1.82) is 0 Å². The number of thiocarbonyl (C=S) groups is 1. The highest BCUT2D eigenvalue weighted by Crippen LogP contribution is 2.21. The molecule has 1 aromatic rings. The van der Waals surface area contributed by atoms with Crippen LogP contribution < -0.4 is 11.1 Å². The van der Waals surface area contributed by atoms with Gasteiger partial charge in [0, 0.05) is 6.54 Å². The molecule has 82 valence electrons. The topological polar surface area (TPSA) is 38.0 Å². The zero-order valence-corrected chi connectivity index (χ0v) is 10.3. The first-order valence-electron chi connectivity index (χ1n) is 5.02. The Labute approximate surface area is 96.9 Å². The molecular weight excluding hydrogens is 204 g/mol. The van der Waals surface area contributed by atoms with Gasteiger partial charge in [-0.3, -0.25) is 0 Å². The molecule has 1 aromatic carbocycles. The van der Waals surface area contributed by atoms with E-state index < -0.39 is 0 Å². The van der Waals surface area contributed by atoms with E-state index in [-0.39, 0.29) is 5.41 Å². The summed E-state index contributed by atoms with van der Waals surface area (Å²) in [5.41, 5.74) is 8.09. The second-order valence-corrected chi connectivity index (χ2v) is 5.10. The Morgan fingerprint density at radius 2 is 1.80 bits per heavy atom. The maximum absolute atomic E-state index is 5.36. The monoisotopic (exact) mass is 222 g/mol. The molecule has 0 spiro atoms. The number of rotatable bonds is 2. The van der Waals surface area contributed by atoms with Crippen molar-refractivity contribution in [3.05, 3.63) is 35.4 Å². The maximum Gasteiger partial charge on any atom is 0.163 e. The third-order valence-electron chi connectivity index (χ3n) is 2.29.